The van der Waals surface area contributed by atoms with Crippen LogP contribution in [0.25, 0.3) is 0 Å². The Labute approximate surface area is 143 Å². The summed E-state index contributed by atoms with van der Waals surface area (Å²) in [7, 11) is 0. The molecule has 0 aromatic heterocycles. The van der Waals surface area contributed by atoms with Crippen molar-refractivity contribution >= 4 is 23.2 Å². The van der Waals surface area contributed by atoms with Gasteiger partial charge in [-0.25, -0.2) is 0 Å². The number of carbonyl (C=O) groups excluding carboxylic acids is 2. The highest BCUT2D eigenvalue weighted by atomic mass is 16.2. The lowest BCUT2D eigenvalue weighted by Crippen LogP contribution is -2.08. The van der Waals surface area contributed by atoms with E-state index < -0.39 is 0 Å². The summed E-state index contributed by atoms with van der Waals surface area (Å²) in [6, 6.07) is 15.8. The van der Waals surface area contributed by atoms with Crippen LogP contribution in [0.1, 0.15) is 37.8 Å². The van der Waals surface area contributed by atoms with Gasteiger partial charge in [-0.2, -0.15) is 0 Å². The van der Waals surface area contributed by atoms with Crippen molar-refractivity contribution in [3.63, 3.8) is 0 Å². The van der Waals surface area contributed by atoms with Crippen LogP contribution in [-0.2, 0) is 22.4 Å². The molecule has 4 heteroatoms. The molecule has 0 unspecified atom stereocenters. The minimum Gasteiger partial charge on any atom is -0.326 e. The van der Waals surface area contributed by atoms with E-state index >= 15 is 0 Å². The van der Waals surface area contributed by atoms with Crippen LogP contribution >= 0.6 is 0 Å². The maximum Gasteiger partial charge on any atom is 0.221 e. The Morgan fingerprint density at radius 2 is 1.08 bits per heavy atom. The maximum absolute atomic E-state index is 11.3. The summed E-state index contributed by atoms with van der Waals surface area (Å²) >= 11 is 0. The summed E-state index contributed by atoms with van der Waals surface area (Å²) in [6.45, 7) is 3.05. The van der Waals surface area contributed by atoms with Gasteiger partial charge < -0.3 is 10.6 Å². The number of aryl methyl sites for hydroxylation is 2. The van der Waals surface area contributed by atoms with E-state index in [1.54, 1.807) is 0 Å². The van der Waals surface area contributed by atoms with Gasteiger partial charge in [0.25, 0.3) is 0 Å². The summed E-state index contributed by atoms with van der Waals surface area (Å²) in [4.78, 5) is 22.5. The SMILES string of the molecule is CC(=O)Nc1ccccc1CCCCc1ccccc1NC(C)=O. The fourth-order valence-electron chi connectivity index (χ4n) is 2.73. The standard InChI is InChI=1S/C20H24N2O2/c1-15(23)21-19-13-7-5-11-17(19)9-3-4-10-18-12-6-8-14-20(18)22-16(2)24/h5-8,11-14H,3-4,9-10H2,1-2H3,(H,21,23)(H,22,24). The van der Waals surface area contributed by atoms with Crippen molar-refractivity contribution in [2.24, 2.45) is 0 Å². The third kappa shape index (κ3) is 5.54. The highest BCUT2D eigenvalue weighted by Gasteiger charge is 2.05. The Morgan fingerprint density at radius 1 is 0.708 bits per heavy atom. The molecule has 24 heavy (non-hydrogen) atoms. The molecule has 2 N–H and O–H groups in total. The first-order valence-corrected chi connectivity index (χ1v) is 8.27. The van der Waals surface area contributed by atoms with Gasteiger partial charge in [0.1, 0.15) is 0 Å². The van der Waals surface area contributed by atoms with Gasteiger partial charge in [0, 0.05) is 25.2 Å². The van der Waals surface area contributed by atoms with Crippen molar-refractivity contribution < 1.29 is 9.59 Å². The summed E-state index contributed by atoms with van der Waals surface area (Å²) in [5.74, 6) is -0.0987. The van der Waals surface area contributed by atoms with Crippen LogP contribution in [0.3, 0.4) is 0 Å². The molecule has 0 bridgehead atoms. The molecule has 0 fully saturated rings. The molecule has 0 aliphatic carbocycles. The largest absolute Gasteiger partial charge is 0.326 e. The Bertz CT molecular complexity index is 649. The number of nitrogens with one attached hydrogen (secondary N) is 2. The molecule has 0 aliphatic heterocycles. The molecule has 0 spiro atoms. The van der Waals surface area contributed by atoms with Gasteiger partial charge in [-0.05, 0) is 48.9 Å². The fourth-order valence-corrected chi connectivity index (χ4v) is 2.73. The first kappa shape index (κ1) is 17.7. The van der Waals surface area contributed by atoms with Crippen LogP contribution in [0.2, 0.25) is 0 Å². The number of amides is 2. The molecular weight excluding hydrogens is 300 g/mol. The van der Waals surface area contributed by atoms with E-state index in [4.69, 9.17) is 0 Å². The molecule has 0 saturated carbocycles. The van der Waals surface area contributed by atoms with Crippen LogP contribution in [0.4, 0.5) is 11.4 Å². The minimum atomic E-state index is -0.0494. The third-order valence-electron chi connectivity index (χ3n) is 3.80. The minimum absolute atomic E-state index is 0.0494. The Balaban J connectivity index is 1.90. The summed E-state index contributed by atoms with van der Waals surface area (Å²) < 4.78 is 0. The lowest BCUT2D eigenvalue weighted by Gasteiger charge is -2.11. The first-order valence-electron chi connectivity index (χ1n) is 8.27. The number of rotatable bonds is 7. The molecule has 2 amide bonds. The first-order chi connectivity index (χ1) is 11.6. The summed E-state index contributed by atoms with van der Waals surface area (Å²) in [5, 5.41) is 5.75. The van der Waals surface area contributed by atoms with Crippen LogP contribution in [0.15, 0.2) is 48.5 Å². The lowest BCUT2D eigenvalue weighted by molar-refractivity contribution is -0.115. The van der Waals surface area contributed by atoms with Crippen LogP contribution in [-0.4, -0.2) is 11.8 Å². The molecule has 126 valence electrons. The van der Waals surface area contributed by atoms with E-state index in [1.807, 2.05) is 36.4 Å². The monoisotopic (exact) mass is 324 g/mol. The molecule has 2 aromatic rings. The van der Waals surface area contributed by atoms with Crippen LogP contribution in [0, 0.1) is 0 Å². The number of benzene rings is 2. The zero-order valence-electron chi connectivity index (χ0n) is 14.3. The van der Waals surface area contributed by atoms with Crippen LogP contribution in [0.5, 0.6) is 0 Å². The molecule has 4 nitrogen and oxygen atoms in total. The van der Waals surface area contributed by atoms with E-state index in [0.29, 0.717) is 0 Å². The van der Waals surface area contributed by atoms with Gasteiger partial charge in [0.15, 0.2) is 0 Å². The Morgan fingerprint density at radius 3 is 1.46 bits per heavy atom. The zero-order chi connectivity index (χ0) is 17.4. The average molecular weight is 324 g/mol. The predicted molar refractivity (Wildman–Crippen MR) is 98.1 cm³/mol. The second kappa shape index (κ2) is 8.87. The molecule has 2 aromatic carbocycles. The van der Waals surface area contributed by atoms with Crippen molar-refractivity contribution in [2.45, 2.75) is 39.5 Å². The van der Waals surface area contributed by atoms with E-state index in [2.05, 4.69) is 22.8 Å². The second-order valence-electron chi connectivity index (χ2n) is 5.88. The summed E-state index contributed by atoms with van der Waals surface area (Å²) in [5.41, 5.74) is 4.10. The van der Waals surface area contributed by atoms with E-state index in [9.17, 15) is 9.59 Å². The number of para-hydroxylation sites is 2. The Hall–Kier alpha value is -2.62. The topological polar surface area (TPSA) is 58.2 Å². The number of unbranched alkanes of at least 4 members (excludes halogenated alkanes) is 1. The van der Waals surface area contributed by atoms with Crippen molar-refractivity contribution in [1.29, 1.82) is 0 Å². The van der Waals surface area contributed by atoms with Gasteiger partial charge in [-0.3, -0.25) is 9.59 Å². The van der Waals surface area contributed by atoms with Gasteiger partial charge in [-0.15, -0.1) is 0 Å². The highest BCUT2D eigenvalue weighted by Crippen LogP contribution is 2.20. The lowest BCUT2D eigenvalue weighted by atomic mass is 10.0. The fraction of sp³-hybridized carbons (Fsp3) is 0.300. The maximum atomic E-state index is 11.3. The molecule has 0 radical (unpaired) electrons. The second-order valence-corrected chi connectivity index (χ2v) is 5.88. The molecule has 0 atom stereocenters. The van der Waals surface area contributed by atoms with Gasteiger partial charge >= 0.3 is 0 Å². The Kier molecular flexibility index (Phi) is 6.55. The highest BCUT2D eigenvalue weighted by molar-refractivity contribution is 5.90. The van der Waals surface area contributed by atoms with Crippen molar-refractivity contribution in [3.8, 4) is 0 Å². The average Bonchev–Trinajstić information content (AvgIpc) is 2.53. The molecule has 2 rings (SSSR count). The predicted octanol–water partition coefficient (Wildman–Crippen LogP) is 4.17. The van der Waals surface area contributed by atoms with Crippen molar-refractivity contribution in [1.82, 2.24) is 0 Å². The van der Waals surface area contributed by atoms with Crippen LogP contribution < -0.4 is 10.6 Å². The summed E-state index contributed by atoms with van der Waals surface area (Å²) in [6.07, 6.45) is 3.87. The van der Waals surface area contributed by atoms with E-state index in [-0.39, 0.29) is 11.8 Å². The quantitative estimate of drug-likeness (QED) is 0.751. The van der Waals surface area contributed by atoms with Gasteiger partial charge in [0.2, 0.25) is 11.8 Å². The zero-order valence-corrected chi connectivity index (χ0v) is 14.3. The van der Waals surface area contributed by atoms with Gasteiger partial charge in [-0.1, -0.05) is 36.4 Å². The number of hydrogen-bond donors (Lipinski definition) is 2. The van der Waals surface area contributed by atoms with E-state index in [0.717, 1.165) is 48.2 Å². The molecule has 0 heterocycles. The normalized spacial score (nSPS) is 10.2. The number of hydrogen-bond acceptors (Lipinski definition) is 2. The molecule has 0 saturated heterocycles. The van der Waals surface area contributed by atoms with Crippen molar-refractivity contribution in [2.75, 3.05) is 10.6 Å². The third-order valence-corrected chi connectivity index (χ3v) is 3.80. The molecular formula is C20H24N2O2. The van der Waals surface area contributed by atoms with E-state index in [1.165, 1.54) is 13.8 Å². The van der Waals surface area contributed by atoms with Gasteiger partial charge in [0.05, 0.1) is 0 Å². The molecule has 0 aliphatic rings. The van der Waals surface area contributed by atoms with Crippen molar-refractivity contribution in [3.05, 3.63) is 59.7 Å². The smallest absolute Gasteiger partial charge is 0.221 e. The number of carbonyl (C=O) groups is 2. The number of anilines is 2.